The number of H-pyrrole nitrogens is 1. The summed E-state index contributed by atoms with van der Waals surface area (Å²) in [7, 11) is 0. The number of ether oxygens (including phenoxy) is 2. The predicted molar refractivity (Wildman–Crippen MR) is 75.9 cm³/mol. The standard InChI is InChI=1S/C15H16FN3O3/c16-12-4-2-1-3-10(12)5-15(20)19-13-8-21-9-14(13)22-11-6-17-18-7-11/h1-4,6-7,13-14H,5,8-9H2,(H,17,18)(H,19,20)/t13-,14+/m0/s1. The van der Waals surface area contributed by atoms with Crippen molar-refractivity contribution in [1.82, 2.24) is 15.5 Å². The zero-order valence-electron chi connectivity index (χ0n) is 11.8. The number of aromatic nitrogens is 2. The number of halogens is 1. The van der Waals surface area contributed by atoms with Gasteiger partial charge in [-0.05, 0) is 11.6 Å². The predicted octanol–water partition coefficient (Wildman–Crippen LogP) is 1.05. The number of nitrogens with one attached hydrogen (secondary N) is 2. The molecule has 0 spiro atoms. The van der Waals surface area contributed by atoms with Crippen LogP contribution in [0.3, 0.4) is 0 Å². The molecule has 3 rings (SSSR count). The molecule has 1 aliphatic rings. The first-order valence-corrected chi connectivity index (χ1v) is 6.98. The van der Waals surface area contributed by atoms with Crippen LogP contribution in [0.25, 0.3) is 0 Å². The van der Waals surface area contributed by atoms with E-state index in [9.17, 15) is 9.18 Å². The van der Waals surface area contributed by atoms with Gasteiger partial charge in [-0.1, -0.05) is 18.2 Å². The van der Waals surface area contributed by atoms with E-state index in [4.69, 9.17) is 9.47 Å². The van der Waals surface area contributed by atoms with E-state index in [2.05, 4.69) is 15.5 Å². The van der Waals surface area contributed by atoms with Crippen LogP contribution in [0.4, 0.5) is 4.39 Å². The monoisotopic (exact) mass is 305 g/mol. The van der Waals surface area contributed by atoms with Gasteiger partial charge in [0.05, 0.1) is 38.1 Å². The first kappa shape index (κ1) is 14.5. The molecule has 0 saturated carbocycles. The Kier molecular flexibility index (Phi) is 4.34. The fraction of sp³-hybridized carbons (Fsp3) is 0.333. The molecule has 1 amide bonds. The number of hydrogen-bond acceptors (Lipinski definition) is 4. The van der Waals surface area contributed by atoms with Crippen LogP contribution in [0.1, 0.15) is 5.56 Å². The SMILES string of the molecule is O=C(Cc1ccccc1F)N[C@H]1COC[C@H]1Oc1cn[nH]c1. The van der Waals surface area contributed by atoms with Gasteiger partial charge in [0.15, 0.2) is 5.75 Å². The molecule has 2 heterocycles. The number of hydrogen-bond donors (Lipinski definition) is 2. The first-order valence-electron chi connectivity index (χ1n) is 6.98. The van der Waals surface area contributed by atoms with Crippen molar-refractivity contribution in [3.05, 3.63) is 48.0 Å². The summed E-state index contributed by atoms with van der Waals surface area (Å²) in [6, 6.07) is 5.96. The lowest BCUT2D eigenvalue weighted by molar-refractivity contribution is -0.121. The van der Waals surface area contributed by atoms with Crippen molar-refractivity contribution in [2.24, 2.45) is 0 Å². The Morgan fingerprint density at radius 2 is 2.32 bits per heavy atom. The zero-order chi connectivity index (χ0) is 15.4. The largest absolute Gasteiger partial charge is 0.482 e. The van der Waals surface area contributed by atoms with E-state index < -0.39 is 0 Å². The number of carbonyl (C=O) groups excluding carboxylic acids is 1. The minimum atomic E-state index is -0.383. The third kappa shape index (κ3) is 3.43. The summed E-state index contributed by atoms with van der Waals surface area (Å²) in [4.78, 5) is 12.1. The number of rotatable bonds is 5. The lowest BCUT2D eigenvalue weighted by Crippen LogP contribution is -2.45. The molecule has 1 aliphatic heterocycles. The zero-order valence-corrected chi connectivity index (χ0v) is 11.8. The molecule has 1 fully saturated rings. The van der Waals surface area contributed by atoms with Crippen LogP contribution >= 0.6 is 0 Å². The first-order chi connectivity index (χ1) is 10.7. The molecular weight excluding hydrogens is 289 g/mol. The minimum absolute atomic E-state index is 0.0123. The molecule has 0 radical (unpaired) electrons. The van der Waals surface area contributed by atoms with E-state index in [0.29, 0.717) is 24.5 Å². The second kappa shape index (κ2) is 6.57. The quantitative estimate of drug-likeness (QED) is 0.866. The van der Waals surface area contributed by atoms with Crippen LogP contribution in [0.15, 0.2) is 36.7 Å². The molecule has 1 saturated heterocycles. The molecule has 2 N–H and O–H groups in total. The van der Waals surface area contributed by atoms with Crippen molar-refractivity contribution in [3.63, 3.8) is 0 Å². The van der Waals surface area contributed by atoms with Crippen LogP contribution in [-0.4, -0.2) is 41.5 Å². The molecule has 116 valence electrons. The summed E-state index contributed by atoms with van der Waals surface area (Å²) >= 11 is 0. The lowest BCUT2D eigenvalue weighted by Gasteiger charge is -2.19. The highest BCUT2D eigenvalue weighted by Crippen LogP contribution is 2.16. The van der Waals surface area contributed by atoms with E-state index in [1.165, 1.54) is 6.07 Å². The summed E-state index contributed by atoms with van der Waals surface area (Å²) in [5.41, 5.74) is 0.367. The Labute approximate surface area is 126 Å². The average molecular weight is 305 g/mol. The topological polar surface area (TPSA) is 76.2 Å². The Bertz CT molecular complexity index is 633. The van der Waals surface area contributed by atoms with Crippen molar-refractivity contribution in [2.75, 3.05) is 13.2 Å². The number of aromatic amines is 1. The normalized spacial score (nSPS) is 20.8. The van der Waals surface area contributed by atoms with E-state index >= 15 is 0 Å². The van der Waals surface area contributed by atoms with E-state index in [0.717, 1.165) is 0 Å². The molecule has 6 nitrogen and oxygen atoms in total. The number of benzene rings is 1. The van der Waals surface area contributed by atoms with Gasteiger partial charge in [0, 0.05) is 0 Å². The molecule has 2 atom stereocenters. The number of amides is 1. The Balaban J connectivity index is 1.57. The van der Waals surface area contributed by atoms with E-state index in [1.54, 1.807) is 30.6 Å². The maximum atomic E-state index is 13.6. The Morgan fingerprint density at radius 1 is 1.45 bits per heavy atom. The highest BCUT2D eigenvalue weighted by molar-refractivity contribution is 5.79. The number of nitrogens with zero attached hydrogens (tertiary/aromatic N) is 1. The second-order valence-corrected chi connectivity index (χ2v) is 5.07. The summed E-state index contributed by atoms with van der Waals surface area (Å²) in [6.07, 6.45) is 2.87. The highest BCUT2D eigenvalue weighted by atomic mass is 19.1. The van der Waals surface area contributed by atoms with Gasteiger partial charge in [-0.3, -0.25) is 9.89 Å². The van der Waals surface area contributed by atoms with Gasteiger partial charge in [0.25, 0.3) is 0 Å². The highest BCUT2D eigenvalue weighted by Gasteiger charge is 2.31. The smallest absolute Gasteiger partial charge is 0.224 e. The van der Waals surface area contributed by atoms with Gasteiger partial charge in [-0.2, -0.15) is 5.10 Å². The maximum absolute atomic E-state index is 13.6. The summed E-state index contributed by atoms with van der Waals surface area (Å²) in [5.74, 6) is -0.0586. The van der Waals surface area contributed by atoms with E-state index in [1.807, 2.05) is 0 Å². The van der Waals surface area contributed by atoms with Crippen LogP contribution in [-0.2, 0) is 16.0 Å². The van der Waals surface area contributed by atoms with Gasteiger partial charge >= 0.3 is 0 Å². The van der Waals surface area contributed by atoms with Crippen LogP contribution in [0, 0.1) is 5.82 Å². The number of carbonyl (C=O) groups is 1. The summed E-state index contributed by atoms with van der Waals surface area (Å²) in [6.45, 7) is 0.751. The fourth-order valence-corrected chi connectivity index (χ4v) is 2.34. The molecular formula is C15H16FN3O3. The molecule has 2 aromatic rings. The molecule has 22 heavy (non-hydrogen) atoms. The van der Waals surface area contributed by atoms with Gasteiger partial charge < -0.3 is 14.8 Å². The third-order valence-corrected chi connectivity index (χ3v) is 3.44. The molecule has 1 aromatic carbocycles. The van der Waals surface area contributed by atoms with Gasteiger partial charge in [-0.25, -0.2) is 4.39 Å². The van der Waals surface area contributed by atoms with Gasteiger partial charge in [0.1, 0.15) is 11.9 Å². The van der Waals surface area contributed by atoms with Crippen molar-refractivity contribution in [2.45, 2.75) is 18.6 Å². The van der Waals surface area contributed by atoms with E-state index in [-0.39, 0.29) is 30.3 Å². The van der Waals surface area contributed by atoms with Crippen LogP contribution in [0.5, 0.6) is 5.75 Å². The van der Waals surface area contributed by atoms with Crippen molar-refractivity contribution >= 4 is 5.91 Å². The maximum Gasteiger partial charge on any atom is 0.224 e. The van der Waals surface area contributed by atoms with Crippen LogP contribution < -0.4 is 10.1 Å². The molecule has 0 bridgehead atoms. The fourth-order valence-electron chi connectivity index (χ4n) is 2.34. The van der Waals surface area contributed by atoms with Crippen molar-refractivity contribution < 1.29 is 18.7 Å². The average Bonchev–Trinajstić information content (AvgIpc) is 3.15. The lowest BCUT2D eigenvalue weighted by atomic mass is 10.1. The van der Waals surface area contributed by atoms with Crippen LogP contribution in [0.2, 0.25) is 0 Å². The molecule has 0 unspecified atom stereocenters. The summed E-state index contributed by atoms with van der Waals surface area (Å²) < 4.78 is 24.6. The molecule has 0 aliphatic carbocycles. The minimum Gasteiger partial charge on any atom is -0.482 e. The summed E-state index contributed by atoms with van der Waals surface area (Å²) in [5, 5.41) is 9.28. The third-order valence-electron chi connectivity index (χ3n) is 3.44. The van der Waals surface area contributed by atoms with Gasteiger partial charge in [0.2, 0.25) is 5.91 Å². The second-order valence-electron chi connectivity index (χ2n) is 5.07. The Morgan fingerprint density at radius 3 is 3.09 bits per heavy atom. The van der Waals surface area contributed by atoms with Gasteiger partial charge in [-0.15, -0.1) is 0 Å². The van der Waals surface area contributed by atoms with Crippen molar-refractivity contribution in [1.29, 1.82) is 0 Å². The molecule has 7 heteroatoms. The van der Waals surface area contributed by atoms with Crippen molar-refractivity contribution in [3.8, 4) is 5.75 Å². The Hall–Kier alpha value is -2.41. The molecule has 1 aromatic heterocycles.